The summed E-state index contributed by atoms with van der Waals surface area (Å²) in [6.45, 7) is 5.15. The Morgan fingerprint density at radius 2 is 1.80 bits per heavy atom. The second kappa shape index (κ2) is 10.9. The predicted molar refractivity (Wildman–Crippen MR) is 147 cm³/mol. The van der Waals surface area contributed by atoms with E-state index in [9.17, 15) is 22.8 Å². The number of carbonyl (C=O) groups is 3. The van der Waals surface area contributed by atoms with Crippen LogP contribution >= 0.6 is 0 Å². The van der Waals surface area contributed by atoms with Crippen LogP contribution in [0.4, 0.5) is 19.3 Å². The summed E-state index contributed by atoms with van der Waals surface area (Å²) in [6, 6.07) is 3.82. The number of likely N-dealkylation sites (tertiary alicyclic amines) is 1. The van der Waals surface area contributed by atoms with Gasteiger partial charge in [-0.3, -0.25) is 14.5 Å². The molecule has 1 aliphatic carbocycles. The largest absolute Gasteiger partial charge is 0.444 e. The Morgan fingerprint density at radius 3 is 2.41 bits per heavy atom. The molecular formula is C28H34F2N4O6S. The van der Waals surface area contributed by atoms with Crippen LogP contribution in [-0.2, 0) is 30.6 Å². The van der Waals surface area contributed by atoms with Crippen molar-refractivity contribution in [1.29, 1.82) is 0 Å². The first kappa shape index (κ1) is 30.2. The Labute approximate surface area is 237 Å². The SMILES string of the molecule is CC(C)(C)OC(=O)N1[C@@H]2CC[C@@H](C2)[C@H]1C(=O)N[C@@H](Cc1ccc(-c2ccc(N)c(S(C)(=O)=O)c2)c(F)c1F)C(N)=O. The third-order valence-electron chi connectivity index (χ3n) is 7.43. The number of anilines is 1. The van der Waals surface area contributed by atoms with E-state index in [0.29, 0.717) is 6.42 Å². The van der Waals surface area contributed by atoms with Crippen molar-refractivity contribution in [2.75, 3.05) is 12.0 Å². The molecule has 1 heterocycles. The quantitative estimate of drug-likeness (QED) is 0.417. The standard InChI is InChI=1S/C28H34F2N4O6S/c1-28(2,3)40-27(37)34-17-8-5-16(11-17)24(34)26(36)33-20(25(32)35)12-15-6-9-18(23(30)22(15)29)14-7-10-19(31)21(13-14)41(4,38)39/h6-7,9-10,13,16-17,20,24H,5,8,11-12,31H2,1-4H3,(H2,32,35)(H,33,36)/t16-,17+,20-,24-/m0/s1. The van der Waals surface area contributed by atoms with E-state index in [2.05, 4.69) is 5.32 Å². The van der Waals surface area contributed by atoms with Gasteiger partial charge in [-0.15, -0.1) is 0 Å². The average Bonchev–Trinajstić information content (AvgIpc) is 3.47. The van der Waals surface area contributed by atoms with Crippen molar-refractivity contribution < 1.29 is 36.3 Å². The van der Waals surface area contributed by atoms with Gasteiger partial charge in [-0.1, -0.05) is 18.2 Å². The molecule has 0 aromatic heterocycles. The van der Waals surface area contributed by atoms with Crippen molar-refractivity contribution in [3.05, 3.63) is 47.5 Å². The van der Waals surface area contributed by atoms with Crippen molar-refractivity contribution in [3.8, 4) is 11.1 Å². The van der Waals surface area contributed by atoms with Gasteiger partial charge in [-0.2, -0.15) is 0 Å². The van der Waals surface area contributed by atoms with Gasteiger partial charge >= 0.3 is 6.09 Å². The zero-order valence-corrected chi connectivity index (χ0v) is 24.1. The minimum absolute atomic E-state index is 0.0329. The van der Waals surface area contributed by atoms with Crippen LogP contribution in [0.3, 0.4) is 0 Å². The Morgan fingerprint density at radius 1 is 1.12 bits per heavy atom. The Balaban J connectivity index is 1.56. The number of benzene rings is 2. The monoisotopic (exact) mass is 592 g/mol. The van der Waals surface area contributed by atoms with Crippen molar-refractivity contribution in [3.63, 3.8) is 0 Å². The fraction of sp³-hybridized carbons (Fsp3) is 0.464. The number of primary amides is 1. The molecule has 222 valence electrons. The summed E-state index contributed by atoms with van der Waals surface area (Å²) in [5.41, 5.74) is 10.1. The Hall–Kier alpha value is -3.74. The fourth-order valence-corrected chi connectivity index (χ4v) is 6.43. The van der Waals surface area contributed by atoms with Gasteiger partial charge in [-0.25, -0.2) is 22.0 Å². The number of carbonyl (C=O) groups excluding carboxylic acids is 3. The molecule has 3 amide bonds. The summed E-state index contributed by atoms with van der Waals surface area (Å²) in [7, 11) is -3.73. The minimum Gasteiger partial charge on any atom is -0.444 e. The number of nitrogens with two attached hydrogens (primary N) is 2. The maximum absolute atomic E-state index is 15.2. The molecule has 1 saturated carbocycles. The Bertz CT molecular complexity index is 1510. The number of sulfone groups is 1. The van der Waals surface area contributed by atoms with Gasteiger partial charge in [0.05, 0.1) is 10.6 Å². The number of rotatable bonds is 7. The van der Waals surface area contributed by atoms with E-state index in [1.807, 2.05) is 0 Å². The van der Waals surface area contributed by atoms with Crippen molar-refractivity contribution in [2.45, 2.75) is 75.1 Å². The molecule has 1 saturated heterocycles. The van der Waals surface area contributed by atoms with E-state index in [-0.39, 0.29) is 39.2 Å². The predicted octanol–water partition coefficient (Wildman–Crippen LogP) is 2.92. The second-order valence-electron chi connectivity index (χ2n) is 11.7. The molecule has 1 aliphatic heterocycles. The highest BCUT2D eigenvalue weighted by molar-refractivity contribution is 7.90. The number of hydrogen-bond donors (Lipinski definition) is 3. The highest BCUT2D eigenvalue weighted by atomic mass is 32.2. The van der Waals surface area contributed by atoms with E-state index < -0.39 is 63.5 Å². The number of hydrogen-bond acceptors (Lipinski definition) is 7. The highest BCUT2D eigenvalue weighted by Gasteiger charge is 2.52. The molecule has 2 aromatic carbocycles. The zero-order chi connectivity index (χ0) is 30.4. The summed E-state index contributed by atoms with van der Waals surface area (Å²) in [4.78, 5) is 39.7. The fourth-order valence-electron chi connectivity index (χ4n) is 5.60. The Kier molecular flexibility index (Phi) is 8.05. The van der Waals surface area contributed by atoms with Crippen LogP contribution < -0.4 is 16.8 Å². The molecule has 41 heavy (non-hydrogen) atoms. The summed E-state index contributed by atoms with van der Waals surface area (Å²) in [5, 5.41) is 2.53. The van der Waals surface area contributed by atoms with E-state index in [4.69, 9.17) is 16.2 Å². The number of fused-ring (bicyclic) bond motifs is 2. The second-order valence-corrected chi connectivity index (χ2v) is 13.6. The lowest BCUT2D eigenvalue weighted by molar-refractivity contribution is -0.132. The number of piperidine rings is 1. The summed E-state index contributed by atoms with van der Waals surface area (Å²) in [5.74, 6) is -4.28. The number of halogens is 2. The van der Waals surface area contributed by atoms with Gasteiger partial charge in [0.15, 0.2) is 21.5 Å². The van der Waals surface area contributed by atoms with Crippen LogP contribution in [0, 0.1) is 17.6 Å². The van der Waals surface area contributed by atoms with E-state index in [1.54, 1.807) is 20.8 Å². The molecule has 5 N–H and O–H groups in total. The molecule has 4 rings (SSSR count). The number of amides is 3. The van der Waals surface area contributed by atoms with Crippen molar-refractivity contribution in [1.82, 2.24) is 10.2 Å². The van der Waals surface area contributed by atoms with Crippen molar-refractivity contribution in [2.24, 2.45) is 11.7 Å². The smallest absolute Gasteiger partial charge is 0.411 e. The first-order chi connectivity index (χ1) is 19.0. The first-order valence-electron chi connectivity index (χ1n) is 13.2. The van der Waals surface area contributed by atoms with Crippen LogP contribution in [0.1, 0.15) is 45.6 Å². The summed E-state index contributed by atoms with van der Waals surface area (Å²) >= 11 is 0. The minimum atomic E-state index is -3.73. The number of nitrogens with zero attached hydrogens (tertiary/aromatic N) is 1. The number of nitrogens with one attached hydrogen (secondary N) is 1. The molecular weight excluding hydrogens is 558 g/mol. The normalized spacial score (nSPS) is 21.0. The molecule has 2 aliphatic rings. The van der Waals surface area contributed by atoms with Crippen LogP contribution in [0.2, 0.25) is 0 Å². The van der Waals surface area contributed by atoms with Crippen LogP contribution in [0.15, 0.2) is 35.2 Å². The van der Waals surface area contributed by atoms with Gasteiger partial charge in [0, 0.05) is 24.3 Å². The maximum Gasteiger partial charge on any atom is 0.411 e. The van der Waals surface area contributed by atoms with Gasteiger partial charge in [0.1, 0.15) is 17.7 Å². The lowest BCUT2D eigenvalue weighted by Crippen LogP contribution is -2.57. The van der Waals surface area contributed by atoms with Gasteiger partial charge in [-0.05, 0) is 69.2 Å². The third-order valence-corrected chi connectivity index (χ3v) is 8.58. The topological polar surface area (TPSA) is 162 Å². The van der Waals surface area contributed by atoms with Gasteiger partial charge < -0.3 is 21.5 Å². The van der Waals surface area contributed by atoms with Gasteiger partial charge in [0.2, 0.25) is 11.8 Å². The van der Waals surface area contributed by atoms with E-state index in [0.717, 1.165) is 25.2 Å². The number of ether oxygens (including phenoxy) is 1. The van der Waals surface area contributed by atoms with E-state index in [1.165, 1.54) is 29.2 Å². The van der Waals surface area contributed by atoms with Crippen LogP contribution in [-0.4, -0.2) is 61.2 Å². The van der Waals surface area contributed by atoms with Crippen LogP contribution in [0.5, 0.6) is 0 Å². The summed E-state index contributed by atoms with van der Waals surface area (Å²) < 4.78 is 59.9. The maximum atomic E-state index is 15.2. The summed E-state index contributed by atoms with van der Waals surface area (Å²) in [6.07, 6.45) is 1.93. The highest BCUT2D eigenvalue weighted by Crippen LogP contribution is 2.43. The van der Waals surface area contributed by atoms with E-state index >= 15 is 8.78 Å². The zero-order valence-electron chi connectivity index (χ0n) is 23.2. The average molecular weight is 593 g/mol. The van der Waals surface area contributed by atoms with Crippen LogP contribution in [0.25, 0.3) is 11.1 Å². The third kappa shape index (κ3) is 6.29. The molecule has 2 fully saturated rings. The molecule has 2 aromatic rings. The lowest BCUT2D eigenvalue weighted by Gasteiger charge is -2.36. The first-order valence-corrected chi connectivity index (χ1v) is 15.0. The van der Waals surface area contributed by atoms with Gasteiger partial charge in [0.25, 0.3) is 0 Å². The molecule has 13 heteroatoms. The molecule has 10 nitrogen and oxygen atoms in total. The van der Waals surface area contributed by atoms with Crippen molar-refractivity contribution >= 4 is 33.4 Å². The molecule has 2 bridgehead atoms. The number of nitrogen functional groups attached to an aromatic ring is 1. The lowest BCUT2D eigenvalue weighted by atomic mass is 9.96. The molecule has 4 atom stereocenters. The molecule has 0 unspecified atom stereocenters. The molecule has 0 spiro atoms. The molecule has 0 radical (unpaired) electrons.